The summed E-state index contributed by atoms with van der Waals surface area (Å²) in [5, 5.41) is -0.381. The van der Waals surface area contributed by atoms with Crippen molar-refractivity contribution in [2.45, 2.75) is 122 Å². The molecule has 0 saturated carbocycles. The van der Waals surface area contributed by atoms with Gasteiger partial charge in [0, 0.05) is 19.1 Å². The van der Waals surface area contributed by atoms with Crippen LogP contribution in [0, 0.1) is 0 Å². The van der Waals surface area contributed by atoms with Gasteiger partial charge in [0.25, 0.3) is 0 Å². The van der Waals surface area contributed by atoms with Crippen molar-refractivity contribution in [1.29, 1.82) is 0 Å². The van der Waals surface area contributed by atoms with Crippen molar-refractivity contribution in [3.63, 3.8) is 0 Å². The number of carbonyl (C=O) groups is 1. The lowest BCUT2D eigenvalue weighted by Gasteiger charge is -2.42. The molecule has 0 radical (unpaired) electrons. The molecule has 0 saturated heterocycles. The Labute approximate surface area is 301 Å². The van der Waals surface area contributed by atoms with Crippen LogP contribution in [0.5, 0.6) is 0 Å². The van der Waals surface area contributed by atoms with Crippen molar-refractivity contribution in [2.75, 3.05) is 20.0 Å². The highest BCUT2D eigenvalue weighted by Crippen LogP contribution is 2.64. The number of halogens is 20. The van der Waals surface area contributed by atoms with Gasteiger partial charge in [-0.1, -0.05) is 55.6 Å². The molecule has 0 spiro atoms. The Bertz CT molecular complexity index is 1220. The van der Waals surface area contributed by atoms with Crippen LogP contribution in [0.15, 0.2) is 12.2 Å². The Morgan fingerprint density at radius 3 is 1.54 bits per heavy atom. The molecule has 0 aromatic rings. The van der Waals surface area contributed by atoms with Gasteiger partial charge in [0.15, 0.2) is 8.32 Å². The Hall–Kier alpha value is -1.01. The molecule has 0 fully saturated rings. The first-order valence-corrected chi connectivity index (χ1v) is 18.1. The zero-order chi connectivity index (χ0) is 42.0. The lowest BCUT2D eigenvalue weighted by Crippen LogP contribution is -2.74. The number of carbonyl (C=O) groups excluding carboxylic acids is 1. The summed E-state index contributed by atoms with van der Waals surface area (Å²) in [5.41, 5.74) is 0. The zero-order valence-corrected chi connectivity index (χ0v) is 30.7. The minimum atomic E-state index is -8.70. The Morgan fingerprint density at radius 1 is 0.712 bits per heavy atom. The Kier molecular flexibility index (Phi) is 16.3. The van der Waals surface area contributed by atoms with Crippen molar-refractivity contribution in [1.82, 2.24) is 0 Å². The summed E-state index contributed by atoms with van der Waals surface area (Å²) in [6.45, 7) is 7.74. The van der Waals surface area contributed by atoms with Gasteiger partial charge >= 0.3 is 53.6 Å². The highest BCUT2D eigenvalue weighted by atomic mass is 35.6. The number of rotatable bonds is 19. The highest BCUT2D eigenvalue weighted by molar-refractivity contribution is 6.74. The second-order valence-electron chi connectivity index (χ2n) is 12.6. The van der Waals surface area contributed by atoms with Gasteiger partial charge in [0.2, 0.25) is 3.79 Å². The predicted molar refractivity (Wildman–Crippen MR) is 154 cm³/mol. The maximum Gasteiger partial charge on any atom is 0.460 e. The molecule has 310 valence electrons. The lowest BCUT2D eigenvalue weighted by molar-refractivity contribution is -0.461. The van der Waals surface area contributed by atoms with Gasteiger partial charge in [-0.15, -0.1) is 0 Å². The molecule has 52 heavy (non-hydrogen) atoms. The van der Waals surface area contributed by atoms with Gasteiger partial charge < -0.3 is 18.6 Å². The average molecular weight is 882 g/mol. The third-order valence-corrected chi connectivity index (χ3v) is 12.4. The second kappa shape index (κ2) is 16.6. The molecule has 26 heteroatoms. The van der Waals surface area contributed by atoms with Crippen molar-refractivity contribution < 1.29 is 98.1 Å². The number of ether oxygens (including phenoxy) is 3. The molecule has 0 amide bonds. The quantitative estimate of drug-likeness (QED) is 0.0246. The monoisotopic (exact) mass is 880 g/mol. The van der Waals surface area contributed by atoms with Crippen LogP contribution in [0.25, 0.3) is 0 Å². The van der Waals surface area contributed by atoms with Crippen LogP contribution in [-0.4, -0.2) is 97.9 Å². The van der Waals surface area contributed by atoms with E-state index in [1.54, 1.807) is 13.1 Å². The molecule has 0 N–H and O–H groups in total. The fourth-order valence-electron chi connectivity index (χ4n) is 3.37. The standard InChI is InChI=1S/C26H32Cl3F17O5Si/c1-14(51-52(5,6)17(2,3)4)15(8-9-16(47)49-12-19(27,28)29)50-13-48-11-7-10-18(30,31)20(32,33)21(34,35)22(36,37)23(38,39)24(40,41)25(42,43)26(44,45)46/h8-9,14-15H,7,10-13H2,1-6H3/b9-8+/t14-,15-/m1/s1. The van der Waals surface area contributed by atoms with Gasteiger partial charge in [-0.2, -0.15) is 74.6 Å². The summed E-state index contributed by atoms with van der Waals surface area (Å²) in [4.78, 5) is 12.0. The van der Waals surface area contributed by atoms with E-state index >= 15 is 0 Å². The van der Waals surface area contributed by atoms with E-state index < -0.39 is 111 Å². The molecule has 0 rings (SSSR count). The fourth-order valence-corrected chi connectivity index (χ4v) is 4.95. The van der Waals surface area contributed by atoms with Gasteiger partial charge in [-0.25, -0.2) is 4.79 Å². The Balaban J connectivity index is 5.88. The van der Waals surface area contributed by atoms with Crippen molar-refractivity contribution >= 4 is 49.1 Å². The van der Waals surface area contributed by atoms with E-state index in [0.717, 1.165) is 12.2 Å². The molecule has 0 aromatic heterocycles. The SMILES string of the molecule is C[C@@H](O[Si](C)(C)C(C)(C)C)[C@@H](/C=C/C(=O)OCC(Cl)(Cl)Cl)OCOCCCC(F)(F)C(F)(F)C(F)(F)C(F)(F)C(F)(F)C(F)(F)C(F)(F)C(F)(F)F. The molecule has 5 nitrogen and oxygen atoms in total. The maximum atomic E-state index is 14.1. The summed E-state index contributed by atoms with van der Waals surface area (Å²) in [6.07, 6.45) is -12.3. The molecular formula is C26H32Cl3F17O5Si. The van der Waals surface area contributed by atoms with Gasteiger partial charge in [-0.3, -0.25) is 0 Å². The topological polar surface area (TPSA) is 54.0 Å². The summed E-state index contributed by atoms with van der Waals surface area (Å²) < 4.78 is 247. The van der Waals surface area contributed by atoms with Crippen LogP contribution in [0.2, 0.25) is 18.1 Å². The van der Waals surface area contributed by atoms with E-state index in [-0.39, 0.29) is 5.04 Å². The normalized spacial score (nSPS) is 16.7. The summed E-state index contributed by atoms with van der Waals surface area (Å²) in [6, 6.07) is 0. The van der Waals surface area contributed by atoms with Crippen molar-refractivity contribution in [2.24, 2.45) is 0 Å². The average Bonchev–Trinajstić information content (AvgIpc) is 2.92. The molecule has 0 bridgehead atoms. The van der Waals surface area contributed by atoms with E-state index in [9.17, 15) is 79.4 Å². The molecule has 0 aliphatic rings. The Morgan fingerprint density at radius 2 is 1.13 bits per heavy atom. The minimum Gasteiger partial charge on any atom is -0.458 e. The predicted octanol–water partition coefficient (Wildman–Crippen LogP) is 11.0. The molecule has 0 unspecified atom stereocenters. The molecule has 0 heterocycles. The molecular weight excluding hydrogens is 850 g/mol. The summed E-state index contributed by atoms with van der Waals surface area (Å²) in [7, 11) is -2.56. The smallest absolute Gasteiger partial charge is 0.458 e. The van der Waals surface area contributed by atoms with Gasteiger partial charge in [0.1, 0.15) is 19.5 Å². The van der Waals surface area contributed by atoms with Crippen LogP contribution in [0.1, 0.15) is 40.5 Å². The van der Waals surface area contributed by atoms with Gasteiger partial charge in [-0.05, 0) is 37.6 Å². The fraction of sp³-hybridized carbons (Fsp3) is 0.885. The second-order valence-corrected chi connectivity index (χ2v) is 19.8. The number of hydrogen-bond acceptors (Lipinski definition) is 5. The third kappa shape index (κ3) is 11.1. The molecule has 2 atom stereocenters. The van der Waals surface area contributed by atoms with Crippen molar-refractivity contribution in [3.05, 3.63) is 12.2 Å². The van der Waals surface area contributed by atoms with Crippen LogP contribution in [-0.2, 0) is 23.4 Å². The molecule has 0 aliphatic carbocycles. The lowest BCUT2D eigenvalue weighted by atomic mass is 9.88. The summed E-state index contributed by atoms with van der Waals surface area (Å²) >= 11 is 16.4. The molecule has 0 aromatic carbocycles. The van der Waals surface area contributed by atoms with Crippen LogP contribution < -0.4 is 0 Å². The third-order valence-electron chi connectivity index (χ3n) is 7.46. The highest BCUT2D eigenvalue weighted by Gasteiger charge is 2.95. The summed E-state index contributed by atoms with van der Waals surface area (Å²) in [5.74, 6) is -57.9. The number of hydrogen-bond donors (Lipinski definition) is 0. The van der Waals surface area contributed by atoms with Crippen LogP contribution in [0.4, 0.5) is 74.6 Å². The minimum absolute atomic E-state index is 0.381. The van der Waals surface area contributed by atoms with E-state index in [1.807, 2.05) is 20.8 Å². The first kappa shape index (κ1) is 51.0. The van der Waals surface area contributed by atoms with E-state index in [2.05, 4.69) is 4.74 Å². The van der Waals surface area contributed by atoms with Gasteiger partial charge in [0.05, 0.1) is 6.10 Å². The zero-order valence-electron chi connectivity index (χ0n) is 27.4. The maximum absolute atomic E-state index is 14.1. The number of esters is 1. The first-order chi connectivity index (χ1) is 22.6. The van der Waals surface area contributed by atoms with E-state index in [1.165, 1.54) is 6.92 Å². The number of alkyl halides is 20. The van der Waals surface area contributed by atoms with E-state index in [4.69, 9.17) is 48.7 Å². The largest absolute Gasteiger partial charge is 0.460 e. The van der Waals surface area contributed by atoms with E-state index in [0.29, 0.717) is 0 Å². The molecule has 0 aliphatic heterocycles. The van der Waals surface area contributed by atoms with Crippen LogP contribution in [0.3, 0.4) is 0 Å². The van der Waals surface area contributed by atoms with Crippen LogP contribution >= 0.6 is 34.8 Å². The first-order valence-electron chi connectivity index (χ1n) is 14.1. The van der Waals surface area contributed by atoms with Crippen molar-refractivity contribution in [3.8, 4) is 0 Å².